The van der Waals surface area contributed by atoms with Crippen LogP contribution in [-0.2, 0) is 11.3 Å². The summed E-state index contributed by atoms with van der Waals surface area (Å²) < 4.78 is 0. The first kappa shape index (κ1) is 19.1. The zero-order chi connectivity index (χ0) is 20.4. The summed E-state index contributed by atoms with van der Waals surface area (Å²) >= 11 is 0. The number of rotatable bonds is 5. The van der Waals surface area contributed by atoms with Gasteiger partial charge in [0, 0.05) is 23.5 Å². The number of aromatic nitrogens is 2. The number of hydrogen-bond donors (Lipinski definition) is 3. The number of H-pyrrole nitrogens is 1. The molecule has 0 saturated carbocycles. The minimum atomic E-state index is -0.235. The van der Waals surface area contributed by atoms with Crippen molar-refractivity contribution in [3.8, 4) is 0 Å². The van der Waals surface area contributed by atoms with Gasteiger partial charge < -0.3 is 11.1 Å². The molecule has 0 spiro atoms. The van der Waals surface area contributed by atoms with E-state index in [9.17, 15) is 9.59 Å². The van der Waals surface area contributed by atoms with Gasteiger partial charge in [-0.25, -0.2) is 0 Å². The van der Waals surface area contributed by atoms with E-state index in [0.29, 0.717) is 5.69 Å². The highest BCUT2D eigenvalue weighted by Gasteiger charge is 2.23. The Labute approximate surface area is 169 Å². The number of nitrogens with two attached hydrogens (primary N) is 1. The number of carbonyl (C=O) groups excluding carboxylic acids is 2. The molecule has 3 aromatic rings. The Hall–Kier alpha value is -3.19. The van der Waals surface area contributed by atoms with Crippen LogP contribution >= 0.6 is 0 Å². The van der Waals surface area contributed by atoms with Crippen LogP contribution in [0.2, 0.25) is 0 Å². The molecular formula is C22H25N5O2. The molecule has 7 nitrogen and oxygen atoms in total. The average molecular weight is 391 g/mol. The summed E-state index contributed by atoms with van der Waals surface area (Å²) in [5.74, 6) is -0.444. The molecule has 0 bridgehead atoms. The van der Waals surface area contributed by atoms with Crippen molar-refractivity contribution >= 4 is 28.4 Å². The van der Waals surface area contributed by atoms with Gasteiger partial charge in [-0.15, -0.1) is 0 Å². The third-order valence-corrected chi connectivity index (χ3v) is 5.51. The van der Waals surface area contributed by atoms with E-state index in [2.05, 4.69) is 20.4 Å². The van der Waals surface area contributed by atoms with Crippen molar-refractivity contribution in [1.29, 1.82) is 0 Å². The lowest BCUT2D eigenvalue weighted by Crippen LogP contribution is -2.38. The number of nitrogens with zero attached hydrogens (tertiary/aromatic N) is 2. The number of primary amides is 1. The molecule has 0 aliphatic carbocycles. The van der Waals surface area contributed by atoms with Gasteiger partial charge in [-0.2, -0.15) is 5.10 Å². The second kappa shape index (κ2) is 8.05. The predicted molar refractivity (Wildman–Crippen MR) is 112 cm³/mol. The van der Waals surface area contributed by atoms with Gasteiger partial charge in [-0.05, 0) is 62.7 Å². The fourth-order valence-corrected chi connectivity index (χ4v) is 3.87. The molecular weight excluding hydrogens is 366 g/mol. The Balaban J connectivity index is 1.43. The molecule has 1 aliphatic heterocycles. The molecule has 4 N–H and O–H groups in total. The van der Waals surface area contributed by atoms with Crippen molar-refractivity contribution in [2.45, 2.75) is 26.3 Å². The highest BCUT2D eigenvalue weighted by molar-refractivity contribution is 6.11. The Morgan fingerprint density at radius 2 is 2.00 bits per heavy atom. The van der Waals surface area contributed by atoms with Gasteiger partial charge in [-0.1, -0.05) is 23.8 Å². The normalized spacial score (nSPS) is 15.5. The molecule has 29 heavy (non-hydrogen) atoms. The van der Waals surface area contributed by atoms with Crippen LogP contribution in [0.25, 0.3) is 10.9 Å². The maximum absolute atomic E-state index is 12.8. The monoisotopic (exact) mass is 391 g/mol. The first-order valence-corrected chi connectivity index (χ1v) is 9.86. The van der Waals surface area contributed by atoms with E-state index in [1.54, 1.807) is 0 Å². The van der Waals surface area contributed by atoms with E-state index in [1.807, 2.05) is 49.4 Å². The molecule has 1 saturated heterocycles. The molecule has 0 atom stereocenters. The lowest BCUT2D eigenvalue weighted by molar-refractivity contribution is -0.123. The second-order valence-electron chi connectivity index (χ2n) is 7.73. The molecule has 7 heteroatoms. The van der Waals surface area contributed by atoms with Crippen molar-refractivity contribution < 1.29 is 9.59 Å². The number of fused-ring (bicyclic) bond motifs is 1. The summed E-state index contributed by atoms with van der Waals surface area (Å²) in [5.41, 5.74) is 9.57. The van der Waals surface area contributed by atoms with Crippen LogP contribution in [0.15, 0.2) is 42.5 Å². The smallest absolute Gasteiger partial charge is 0.276 e. The first-order valence-electron chi connectivity index (χ1n) is 9.86. The number of hydrogen-bond acceptors (Lipinski definition) is 4. The van der Waals surface area contributed by atoms with Gasteiger partial charge in [-0.3, -0.25) is 19.6 Å². The van der Waals surface area contributed by atoms with Crippen LogP contribution in [-0.4, -0.2) is 40.0 Å². The Kier molecular flexibility index (Phi) is 5.31. The molecule has 2 amide bonds. The van der Waals surface area contributed by atoms with Gasteiger partial charge >= 0.3 is 0 Å². The van der Waals surface area contributed by atoms with Gasteiger partial charge in [0.25, 0.3) is 5.91 Å². The maximum atomic E-state index is 12.8. The number of carbonyl (C=O) groups is 2. The molecule has 1 aromatic heterocycles. The lowest BCUT2D eigenvalue weighted by Gasteiger charge is -2.30. The fraction of sp³-hybridized carbons (Fsp3) is 0.318. The zero-order valence-electron chi connectivity index (χ0n) is 16.4. The lowest BCUT2D eigenvalue weighted by atomic mass is 9.96. The number of aromatic amines is 1. The Bertz CT molecular complexity index is 1050. The SMILES string of the molecule is Cc1ccc2[nH]nc(C(=O)Nc3cccc(CN4CCC(C(N)=O)CC4)c3)c2c1. The molecule has 1 aliphatic rings. The number of piperidine rings is 1. The Morgan fingerprint density at radius 3 is 2.76 bits per heavy atom. The minimum absolute atomic E-state index is 0.0100. The minimum Gasteiger partial charge on any atom is -0.369 e. The molecule has 0 radical (unpaired) electrons. The van der Waals surface area contributed by atoms with Crippen molar-refractivity contribution in [2.75, 3.05) is 18.4 Å². The summed E-state index contributed by atoms with van der Waals surface area (Å²) in [6, 6.07) is 13.7. The van der Waals surface area contributed by atoms with E-state index >= 15 is 0 Å². The van der Waals surface area contributed by atoms with Crippen LogP contribution in [0.4, 0.5) is 5.69 Å². The van der Waals surface area contributed by atoms with E-state index in [1.165, 1.54) is 0 Å². The van der Waals surface area contributed by atoms with Crippen LogP contribution < -0.4 is 11.1 Å². The fourth-order valence-electron chi connectivity index (χ4n) is 3.87. The van der Waals surface area contributed by atoms with Crippen molar-refractivity contribution in [1.82, 2.24) is 15.1 Å². The highest BCUT2D eigenvalue weighted by atomic mass is 16.2. The third-order valence-electron chi connectivity index (χ3n) is 5.51. The standard InChI is InChI=1S/C22H25N5O2/c1-14-5-6-19-18(11-14)20(26-25-19)22(29)24-17-4-2-3-15(12-17)13-27-9-7-16(8-10-27)21(23)28/h2-6,11-12,16H,7-10,13H2,1H3,(H2,23,28)(H,24,29)(H,25,26). The largest absolute Gasteiger partial charge is 0.369 e. The number of aryl methyl sites for hydroxylation is 1. The number of amides is 2. The third kappa shape index (κ3) is 4.30. The molecule has 1 fully saturated rings. The van der Waals surface area contributed by atoms with Gasteiger partial charge in [0.15, 0.2) is 5.69 Å². The van der Waals surface area contributed by atoms with E-state index < -0.39 is 0 Å². The number of benzene rings is 2. The highest BCUT2D eigenvalue weighted by Crippen LogP contribution is 2.21. The second-order valence-corrected chi connectivity index (χ2v) is 7.73. The summed E-state index contributed by atoms with van der Waals surface area (Å²) in [6.45, 7) is 4.47. The van der Waals surface area contributed by atoms with Gasteiger partial charge in [0.05, 0.1) is 5.52 Å². The molecule has 0 unspecified atom stereocenters. The van der Waals surface area contributed by atoms with Crippen LogP contribution in [0.3, 0.4) is 0 Å². The van der Waals surface area contributed by atoms with E-state index in [0.717, 1.165) is 60.2 Å². The average Bonchev–Trinajstić information content (AvgIpc) is 3.12. The molecule has 2 heterocycles. The van der Waals surface area contributed by atoms with Crippen molar-refractivity contribution in [2.24, 2.45) is 11.7 Å². The summed E-state index contributed by atoms with van der Waals surface area (Å²) in [4.78, 5) is 26.4. The number of anilines is 1. The van der Waals surface area contributed by atoms with Gasteiger partial charge in [0.2, 0.25) is 5.91 Å². The van der Waals surface area contributed by atoms with Crippen LogP contribution in [0.5, 0.6) is 0 Å². The van der Waals surface area contributed by atoms with Gasteiger partial charge in [0.1, 0.15) is 0 Å². The van der Waals surface area contributed by atoms with Crippen LogP contribution in [0, 0.1) is 12.8 Å². The van der Waals surface area contributed by atoms with Crippen LogP contribution in [0.1, 0.15) is 34.5 Å². The summed E-state index contributed by atoms with van der Waals surface area (Å²) in [6.07, 6.45) is 1.61. The maximum Gasteiger partial charge on any atom is 0.276 e. The van der Waals surface area contributed by atoms with E-state index in [-0.39, 0.29) is 17.7 Å². The van der Waals surface area contributed by atoms with Crippen molar-refractivity contribution in [3.63, 3.8) is 0 Å². The number of nitrogens with one attached hydrogen (secondary N) is 2. The van der Waals surface area contributed by atoms with Crippen molar-refractivity contribution in [3.05, 3.63) is 59.3 Å². The molecule has 2 aromatic carbocycles. The summed E-state index contributed by atoms with van der Waals surface area (Å²) in [7, 11) is 0. The zero-order valence-corrected chi connectivity index (χ0v) is 16.4. The predicted octanol–water partition coefficient (Wildman–Crippen LogP) is 2.82. The number of likely N-dealkylation sites (tertiary alicyclic amines) is 1. The molecule has 150 valence electrons. The molecule has 4 rings (SSSR count). The first-order chi connectivity index (χ1) is 14.0. The topological polar surface area (TPSA) is 104 Å². The quantitative estimate of drug-likeness (QED) is 0.622. The summed E-state index contributed by atoms with van der Waals surface area (Å²) in [5, 5.41) is 10.9. The van der Waals surface area contributed by atoms with E-state index in [4.69, 9.17) is 5.73 Å². The Morgan fingerprint density at radius 1 is 1.21 bits per heavy atom.